The summed E-state index contributed by atoms with van der Waals surface area (Å²) in [5.74, 6) is 0.252. The molecule has 0 atom stereocenters. The number of aliphatic imine (C=N–C) groups is 1. The molecule has 0 spiro atoms. The van der Waals surface area contributed by atoms with Crippen LogP contribution in [0.25, 0.3) is 6.08 Å². The number of amides is 1. The minimum absolute atomic E-state index is 0.0243. The summed E-state index contributed by atoms with van der Waals surface area (Å²) in [5, 5.41) is 10.7. The van der Waals surface area contributed by atoms with E-state index in [-0.39, 0.29) is 11.7 Å². The highest BCUT2D eigenvalue weighted by atomic mass is 32.2. The number of phenols is 1. The third-order valence-corrected chi connectivity index (χ3v) is 5.83. The zero-order chi connectivity index (χ0) is 22.0. The molecule has 0 saturated carbocycles. The maximum Gasteiger partial charge on any atom is 0.271 e. The topological polar surface area (TPSA) is 62.1 Å². The fraction of sp³-hybridized carbons (Fsp3) is 0.120. The van der Waals surface area contributed by atoms with Gasteiger partial charge in [-0.25, -0.2) is 4.99 Å². The lowest BCUT2D eigenvalue weighted by molar-refractivity contribution is -0.113. The molecule has 0 bridgehead atoms. The average Bonchev–Trinajstić information content (AvgIpc) is 3.05. The van der Waals surface area contributed by atoms with E-state index in [1.165, 1.54) is 18.9 Å². The molecular weight excluding hydrogens is 408 g/mol. The summed E-state index contributed by atoms with van der Waals surface area (Å²) < 4.78 is 5.10. The third kappa shape index (κ3) is 4.49. The number of aryl methyl sites for hydroxylation is 2. The molecule has 1 aliphatic rings. The Morgan fingerprint density at radius 1 is 0.968 bits per heavy atom. The molecule has 31 heavy (non-hydrogen) atoms. The van der Waals surface area contributed by atoms with E-state index in [2.05, 4.69) is 0 Å². The van der Waals surface area contributed by atoms with Crippen LogP contribution in [-0.2, 0) is 4.79 Å². The number of carbonyl (C=O) groups is 1. The van der Waals surface area contributed by atoms with Gasteiger partial charge in [0.25, 0.3) is 5.91 Å². The molecule has 1 aliphatic heterocycles. The maximum absolute atomic E-state index is 13.3. The van der Waals surface area contributed by atoms with Gasteiger partial charge in [0.05, 0.1) is 23.4 Å². The number of methoxy groups -OCH3 is 1. The molecule has 3 aromatic rings. The number of rotatable bonds is 4. The Kier molecular flexibility index (Phi) is 5.82. The van der Waals surface area contributed by atoms with Crippen LogP contribution in [0, 0.1) is 13.8 Å². The quantitative estimate of drug-likeness (QED) is 0.529. The van der Waals surface area contributed by atoms with E-state index >= 15 is 0 Å². The molecule has 0 aromatic heterocycles. The average molecular weight is 431 g/mol. The smallest absolute Gasteiger partial charge is 0.271 e. The number of carbonyl (C=O) groups excluding carboxylic acids is 1. The largest absolute Gasteiger partial charge is 0.504 e. The lowest BCUT2D eigenvalue weighted by Gasteiger charge is -2.16. The summed E-state index contributed by atoms with van der Waals surface area (Å²) in [6.07, 6.45) is 1.75. The minimum Gasteiger partial charge on any atom is -0.504 e. The Bertz CT molecular complexity index is 1180. The van der Waals surface area contributed by atoms with Crippen LogP contribution >= 0.6 is 11.8 Å². The molecule has 0 radical (unpaired) electrons. The summed E-state index contributed by atoms with van der Waals surface area (Å²) >= 11 is 1.31. The lowest BCUT2D eigenvalue weighted by atomic mass is 10.1. The van der Waals surface area contributed by atoms with Gasteiger partial charge in [0.15, 0.2) is 16.7 Å². The van der Waals surface area contributed by atoms with Gasteiger partial charge in [-0.05, 0) is 73.6 Å². The second kappa shape index (κ2) is 8.70. The van der Waals surface area contributed by atoms with Gasteiger partial charge in [-0.15, -0.1) is 0 Å². The molecule has 6 heteroatoms. The number of anilines is 1. The molecule has 0 aliphatic carbocycles. The van der Waals surface area contributed by atoms with Crippen molar-refractivity contribution in [1.82, 2.24) is 0 Å². The number of ether oxygens (including phenoxy) is 1. The fourth-order valence-electron chi connectivity index (χ4n) is 3.15. The van der Waals surface area contributed by atoms with Gasteiger partial charge in [0.2, 0.25) is 0 Å². The summed E-state index contributed by atoms with van der Waals surface area (Å²) in [5.41, 5.74) is 4.50. The molecule has 3 aromatic carbocycles. The lowest BCUT2D eigenvalue weighted by Crippen LogP contribution is -2.28. The monoisotopic (exact) mass is 430 g/mol. The van der Waals surface area contributed by atoms with Crippen molar-refractivity contribution in [1.29, 1.82) is 0 Å². The van der Waals surface area contributed by atoms with Crippen molar-refractivity contribution in [2.75, 3.05) is 12.0 Å². The second-order valence-electron chi connectivity index (χ2n) is 7.25. The molecule has 1 fully saturated rings. The van der Waals surface area contributed by atoms with Crippen molar-refractivity contribution < 1.29 is 14.6 Å². The highest BCUT2D eigenvalue weighted by molar-refractivity contribution is 8.19. The first-order valence-electron chi connectivity index (χ1n) is 9.77. The zero-order valence-electron chi connectivity index (χ0n) is 17.5. The number of benzene rings is 3. The van der Waals surface area contributed by atoms with E-state index < -0.39 is 0 Å². The molecule has 1 amide bonds. The Balaban J connectivity index is 1.75. The normalized spacial score (nSPS) is 16.4. The van der Waals surface area contributed by atoms with E-state index in [4.69, 9.17) is 9.73 Å². The van der Waals surface area contributed by atoms with Crippen molar-refractivity contribution in [3.63, 3.8) is 0 Å². The summed E-state index contributed by atoms with van der Waals surface area (Å²) in [4.78, 5) is 20.2. The van der Waals surface area contributed by atoms with Gasteiger partial charge < -0.3 is 9.84 Å². The molecular formula is C25H22N2O3S. The van der Waals surface area contributed by atoms with E-state index in [0.29, 0.717) is 21.4 Å². The van der Waals surface area contributed by atoms with Crippen LogP contribution in [0.1, 0.15) is 16.7 Å². The second-order valence-corrected chi connectivity index (χ2v) is 8.26. The van der Waals surface area contributed by atoms with Crippen LogP contribution in [-0.4, -0.2) is 23.3 Å². The van der Waals surface area contributed by atoms with Gasteiger partial charge in [0.1, 0.15) is 0 Å². The van der Waals surface area contributed by atoms with Crippen LogP contribution in [0.3, 0.4) is 0 Å². The SMILES string of the molecule is COc1ccc(C=C2SC(=Nc3ccc(C)cc3)N(c3ccc(C)cc3)C2=O)cc1O. The molecule has 1 N–H and O–H groups in total. The molecule has 5 nitrogen and oxygen atoms in total. The zero-order valence-corrected chi connectivity index (χ0v) is 18.3. The predicted molar refractivity (Wildman–Crippen MR) is 127 cm³/mol. The van der Waals surface area contributed by atoms with Crippen molar-refractivity contribution in [2.45, 2.75) is 13.8 Å². The van der Waals surface area contributed by atoms with E-state index in [1.54, 1.807) is 29.2 Å². The van der Waals surface area contributed by atoms with E-state index in [0.717, 1.165) is 22.5 Å². The van der Waals surface area contributed by atoms with Crippen molar-refractivity contribution >= 4 is 40.3 Å². The Labute approximate surface area is 185 Å². The maximum atomic E-state index is 13.3. The van der Waals surface area contributed by atoms with Gasteiger partial charge in [-0.1, -0.05) is 41.5 Å². The molecule has 156 valence electrons. The van der Waals surface area contributed by atoms with Crippen LogP contribution < -0.4 is 9.64 Å². The highest BCUT2D eigenvalue weighted by Crippen LogP contribution is 2.38. The number of nitrogens with zero attached hydrogens (tertiary/aromatic N) is 2. The molecule has 1 saturated heterocycles. The van der Waals surface area contributed by atoms with Gasteiger partial charge in [-0.2, -0.15) is 0 Å². The Morgan fingerprint density at radius 2 is 1.61 bits per heavy atom. The number of aromatic hydroxyl groups is 1. The number of thioether (sulfide) groups is 1. The first-order chi connectivity index (χ1) is 14.9. The Morgan fingerprint density at radius 3 is 2.23 bits per heavy atom. The van der Waals surface area contributed by atoms with Crippen molar-refractivity contribution in [2.24, 2.45) is 4.99 Å². The van der Waals surface area contributed by atoms with Gasteiger partial charge in [0, 0.05) is 0 Å². The predicted octanol–water partition coefficient (Wildman–Crippen LogP) is 5.83. The Hall–Kier alpha value is -3.51. The van der Waals surface area contributed by atoms with E-state index in [9.17, 15) is 9.90 Å². The van der Waals surface area contributed by atoms with Crippen molar-refractivity contribution in [3.8, 4) is 11.5 Å². The molecule has 4 rings (SSSR count). The highest BCUT2D eigenvalue weighted by Gasteiger charge is 2.34. The van der Waals surface area contributed by atoms with Crippen LogP contribution in [0.15, 0.2) is 76.6 Å². The standard InChI is InChI=1S/C25H22N2O3S/c1-16-4-9-19(10-5-16)26-25-27(20-11-6-17(2)7-12-20)24(29)23(31-25)15-18-8-13-22(30-3)21(28)14-18/h4-15,28H,1-3H3. The third-order valence-electron chi connectivity index (χ3n) is 4.86. The van der Waals surface area contributed by atoms with Crippen LogP contribution in [0.5, 0.6) is 11.5 Å². The van der Waals surface area contributed by atoms with Crippen molar-refractivity contribution in [3.05, 3.63) is 88.3 Å². The summed E-state index contributed by atoms with van der Waals surface area (Å²) in [6, 6.07) is 20.7. The number of phenolic OH excluding ortho intramolecular Hbond substituents is 1. The number of hydrogen-bond donors (Lipinski definition) is 1. The number of hydrogen-bond acceptors (Lipinski definition) is 5. The van der Waals surface area contributed by atoms with Crippen LogP contribution in [0.2, 0.25) is 0 Å². The van der Waals surface area contributed by atoms with Gasteiger partial charge >= 0.3 is 0 Å². The van der Waals surface area contributed by atoms with E-state index in [1.807, 2.05) is 62.4 Å². The molecule has 1 heterocycles. The van der Waals surface area contributed by atoms with Gasteiger partial charge in [-0.3, -0.25) is 9.69 Å². The summed E-state index contributed by atoms with van der Waals surface area (Å²) in [6.45, 7) is 4.03. The number of amidine groups is 1. The first-order valence-corrected chi connectivity index (χ1v) is 10.6. The first kappa shape index (κ1) is 20.8. The molecule has 0 unspecified atom stereocenters. The summed E-state index contributed by atoms with van der Waals surface area (Å²) in [7, 11) is 1.50. The fourth-order valence-corrected chi connectivity index (χ4v) is 4.15. The van der Waals surface area contributed by atoms with Crippen LogP contribution in [0.4, 0.5) is 11.4 Å². The minimum atomic E-state index is -0.157.